The van der Waals surface area contributed by atoms with Gasteiger partial charge in [0, 0.05) is 44.5 Å². The Kier molecular flexibility index (Phi) is 2.13. The second kappa shape index (κ2) is 4.41. The van der Waals surface area contributed by atoms with Gasteiger partial charge in [0.1, 0.15) is 11.0 Å². The Balaban J connectivity index is 1.76. The van der Waals surface area contributed by atoms with Crippen molar-refractivity contribution in [1.29, 1.82) is 0 Å². The summed E-state index contributed by atoms with van der Waals surface area (Å²) in [5, 5.41) is 4.05. The van der Waals surface area contributed by atoms with E-state index in [1.807, 2.05) is 12.1 Å². The molecule has 0 aliphatic rings. The third-order valence-electron chi connectivity index (χ3n) is 6.08. The van der Waals surface area contributed by atoms with E-state index in [2.05, 4.69) is 9.97 Å². The van der Waals surface area contributed by atoms with Crippen molar-refractivity contribution in [2.45, 2.75) is 0 Å². The van der Waals surface area contributed by atoms with Crippen molar-refractivity contribution >= 4 is 66.1 Å². The van der Waals surface area contributed by atoms with Crippen LogP contribution in [-0.2, 0) is 0 Å². The predicted octanol–water partition coefficient (Wildman–Crippen LogP) is 3.53. The molecule has 0 aliphatic carbocycles. The molecule has 0 amide bonds. The highest BCUT2D eigenvalue weighted by molar-refractivity contribution is 6.27. The van der Waals surface area contributed by atoms with E-state index in [0.29, 0.717) is 44.5 Å². The number of pyridine rings is 2. The molecule has 0 N–H and O–H groups in total. The fraction of sp³-hybridized carbons (Fsp3) is 0. The largest absolute Gasteiger partial charge is 0.445 e. The molecule has 8 nitrogen and oxygen atoms in total. The number of furan rings is 2. The van der Waals surface area contributed by atoms with Crippen LogP contribution in [0.25, 0.3) is 66.1 Å². The molecule has 8 aromatic rings. The first-order chi connectivity index (χ1) is 14.7. The summed E-state index contributed by atoms with van der Waals surface area (Å²) < 4.78 is 14.0. The summed E-state index contributed by atoms with van der Waals surface area (Å²) in [6.45, 7) is 0. The molecule has 0 aliphatic heterocycles. The number of benzene rings is 2. The van der Waals surface area contributed by atoms with Gasteiger partial charge in [-0.2, -0.15) is 9.97 Å². The molecule has 6 aromatic heterocycles. The van der Waals surface area contributed by atoms with Crippen molar-refractivity contribution in [2.24, 2.45) is 0 Å². The molecule has 0 fully saturated rings. The van der Waals surface area contributed by atoms with Crippen LogP contribution in [0.5, 0.6) is 0 Å². The van der Waals surface area contributed by atoms with E-state index < -0.39 is 0 Å². The average Bonchev–Trinajstić information content (AvgIpc) is 3.49. The molecule has 30 heavy (non-hydrogen) atoms. The predicted molar refractivity (Wildman–Crippen MR) is 111 cm³/mol. The van der Waals surface area contributed by atoms with Gasteiger partial charge in [0.05, 0.1) is 12.5 Å². The molecule has 0 saturated carbocycles. The Bertz CT molecular complexity index is 1960. The molecular weight excluding hydrogens is 384 g/mol. The number of aromatic nitrogens is 4. The van der Waals surface area contributed by atoms with Crippen LogP contribution < -0.4 is 11.1 Å². The topological polar surface area (TPSA) is 95.0 Å². The molecular formula is C22H8N4O4. The van der Waals surface area contributed by atoms with Crippen molar-refractivity contribution < 1.29 is 8.83 Å². The summed E-state index contributed by atoms with van der Waals surface area (Å²) in [6.07, 6.45) is 3.03. The molecule has 0 unspecified atom stereocenters. The fourth-order valence-electron chi connectivity index (χ4n) is 4.86. The Morgan fingerprint density at radius 2 is 1.03 bits per heavy atom. The normalized spacial score (nSPS) is 12.9. The van der Waals surface area contributed by atoms with Gasteiger partial charge in [-0.15, -0.1) is 0 Å². The van der Waals surface area contributed by atoms with Crippen LogP contribution in [0.4, 0.5) is 0 Å². The Labute approximate surface area is 163 Å². The molecule has 0 spiro atoms. The highest BCUT2D eigenvalue weighted by Crippen LogP contribution is 2.36. The highest BCUT2D eigenvalue weighted by Gasteiger charge is 2.23. The summed E-state index contributed by atoms with van der Waals surface area (Å²) in [7, 11) is 0. The van der Waals surface area contributed by atoms with E-state index in [4.69, 9.17) is 8.83 Å². The smallest absolute Gasteiger partial charge is 0.264 e. The molecule has 0 atom stereocenters. The van der Waals surface area contributed by atoms with Gasteiger partial charge in [-0.05, 0) is 24.3 Å². The van der Waals surface area contributed by atoms with Gasteiger partial charge in [0.15, 0.2) is 11.3 Å². The summed E-state index contributed by atoms with van der Waals surface area (Å²) in [5.41, 5.74) is 2.70. The van der Waals surface area contributed by atoms with Crippen molar-refractivity contribution in [3.05, 3.63) is 69.6 Å². The first-order valence-corrected chi connectivity index (χ1v) is 9.34. The van der Waals surface area contributed by atoms with Gasteiger partial charge in [-0.25, -0.2) is 0 Å². The quantitative estimate of drug-likeness (QED) is 0.367. The minimum absolute atomic E-state index is 0.194. The molecule has 140 valence electrons. The number of rotatable bonds is 0. The van der Waals surface area contributed by atoms with Crippen LogP contribution in [-0.4, -0.2) is 18.8 Å². The minimum atomic E-state index is -0.194. The molecule has 0 radical (unpaired) electrons. The zero-order valence-corrected chi connectivity index (χ0v) is 15.0. The van der Waals surface area contributed by atoms with E-state index in [-0.39, 0.29) is 11.1 Å². The molecule has 2 aromatic carbocycles. The molecule has 8 heteroatoms. The van der Waals surface area contributed by atoms with E-state index in [1.165, 1.54) is 12.5 Å². The number of hydrogen-bond donors (Lipinski definition) is 0. The maximum absolute atomic E-state index is 13.4. The van der Waals surface area contributed by atoms with Gasteiger partial charge in [-0.3, -0.25) is 18.4 Å². The van der Waals surface area contributed by atoms with Crippen molar-refractivity contribution in [2.75, 3.05) is 0 Å². The van der Waals surface area contributed by atoms with Gasteiger partial charge >= 0.3 is 0 Å². The lowest BCUT2D eigenvalue weighted by molar-refractivity contribution is 0.605. The van der Waals surface area contributed by atoms with E-state index in [1.54, 1.807) is 33.1 Å². The SMILES string of the molecule is O=c1c2ccc3c4c(ccc(c24)c2nc4occc4n12)c(=O)n1c2ccoc2nc31. The average molecular weight is 392 g/mol. The maximum Gasteiger partial charge on any atom is 0.264 e. The number of hydrogen-bond acceptors (Lipinski definition) is 6. The van der Waals surface area contributed by atoms with E-state index in [0.717, 1.165) is 21.5 Å². The van der Waals surface area contributed by atoms with Crippen LogP contribution in [0.15, 0.2) is 67.3 Å². The van der Waals surface area contributed by atoms with Crippen LogP contribution >= 0.6 is 0 Å². The zero-order valence-electron chi connectivity index (χ0n) is 15.0. The second-order valence-corrected chi connectivity index (χ2v) is 7.45. The lowest BCUT2D eigenvalue weighted by Crippen LogP contribution is -2.16. The summed E-state index contributed by atoms with van der Waals surface area (Å²) >= 11 is 0. The van der Waals surface area contributed by atoms with Crippen molar-refractivity contribution in [3.63, 3.8) is 0 Å². The van der Waals surface area contributed by atoms with Gasteiger partial charge in [0.25, 0.3) is 11.1 Å². The van der Waals surface area contributed by atoms with Crippen molar-refractivity contribution in [3.8, 4) is 0 Å². The van der Waals surface area contributed by atoms with Gasteiger partial charge in [0.2, 0.25) is 11.4 Å². The monoisotopic (exact) mass is 392 g/mol. The van der Waals surface area contributed by atoms with Crippen LogP contribution in [0.1, 0.15) is 0 Å². The van der Waals surface area contributed by atoms with Crippen LogP contribution in [0.3, 0.4) is 0 Å². The molecule has 0 saturated heterocycles. The Hall–Kier alpha value is -4.46. The van der Waals surface area contributed by atoms with Crippen LogP contribution in [0, 0.1) is 0 Å². The minimum Gasteiger partial charge on any atom is -0.445 e. The first kappa shape index (κ1) is 14.5. The zero-order chi connectivity index (χ0) is 19.7. The Morgan fingerprint density at radius 3 is 1.50 bits per heavy atom. The van der Waals surface area contributed by atoms with E-state index >= 15 is 0 Å². The standard InChI is InChI=1S/C22H8N4O4/c27-21-11-3-1-9-15-12(22(28)25-13-5-7-29-19(13)23-17(9)25)4-2-10(16(11)15)18-24-20-14(26(18)21)6-8-30-20/h1-8H. The fourth-order valence-corrected chi connectivity index (χ4v) is 4.86. The second-order valence-electron chi connectivity index (χ2n) is 7.45. The lowest BCUT2D eigenvalue weighted by atomic mass is 9.96. The lowest BCUT2D eigenvalue weighted by Gasteiger charge is -2.11. The number of imidazole rings is 2. The van der Waals surface area contributed by atoms with Gasteiger partial charge < -0.3 is 8.83 Å². The third kappa shape index (κ3) is 1.37. The van der Waals surface area contributed by atoms with Crippen LogP contribution in [0.2, 0.25) is 0 Å². The summed E-state index contributed by atoms with van der Waals surface area (Å²) in [6, 6.07) is 10.7. The molecule has 6 heterocycles. The first-order valence-electron chi connectivity index (χ1n) is 9.34. The number of fused-ring (bicyclic) bond motifs is 8. The Morgan fingerprint density at radius 1 is 0.600 bits per heavy atom. The summed E-state index contributed by atoms with van der Waals surface area (Å²) in [5.74, 6) is 0. The summed E-state index contributed by atoms with van der Waals surface area (Å²) in [4.78, 5) is 35.8. The molecule has 8 rings (SSSR count). The number of nitrogens with zero attached hydrogens (tertiary/aromatic N) is 4. The van der Waals surface area contributed by atoms with Gasteiger partial charge in [-0.1, -0.05) is 0 Å². The van der Waals surface area contributed by atoms with Crippen molar-refractivity contribution in [1.82, 2.24) is 18.8 Å². The third-order valence-corrected chi connectivity index (χ3v) is 6.08. The highest BCUT2D eigenvalue weighted by atomic mass is 16.3. The maximum atomic E-state index is 13.4. The van der Waals surface area contributed by atoms with E-state index in [9.17, 15) is 9.59 Å². The molecule has 0 bridgehead atoms.